The van der Waals surface area contributed by atoms with Crippen LogP contribution in [0.1, 0.15) is 16.9 Å². The maximum atomic E-state index is 11.9. The van der Waals surface area contributed by atoms with Gasteiger partial charge in [0.15, 0.2) is 21.3 Å². The molecule has 2 aromatic rings. The highest BCUT2D eigenvalue weighted by molar-refractivity contribution is 7.91. The van der Waals surface area contributed by atoms with Gasteiger partial charge < -0.3 is 14.6 Å². The molecule has 1 aromatic carbocycles. The molecule has 8 heteroatoms. The van der Waals surface area contributed by atoms with Gasteiger partial charge >= 0.3 is 0 Å². The Morgan fingerprint density at radius 2 is 2.04 bits per heavy atom. The molecule has 0 bridgehead atoms. The van der Waals surface area contributed by atoms with Crippen molar-refractivity contribution in [1.29, 1.82) is 0 Å². The number of rotatable bonds is 5. The fraction of sp³-hybridized carbons (Fsp3) is 0.412. The Labute approximate surface area is 150 Å². The summed E-state index contributed by atoms with van der Waals surface area (Å²) in [6.45, 7) is 1.27. The van der Waals surface area contributed by atoms with Crippen molar-refractivity contribution in [2.24, 2.45) is 0 Å². The highest BCUT2D eigenvalue weighted by Gasteiger charge is 2.33. The van der Waals surface area contributed by atoms with Gasteiger partial charge in [-0.15, -0.1) is 11.3 Å². The Morgan fingerprint density at radius 1 is 1.24 bits per heavy atom. The topological polar surface area (TPSA) is 76.1 Å². The molecule has 1 atom stereocenters. The first-order valence-corrected chi connectivity index (χ1v) is 10.8. The average Bonchev–Trinajstić information content (AvgIpc) is 3.28. The summed E-state index contributed by atoms with van der Waals surface area (Å²) in [6, 6.07) is 7.33. The number of hydrogen-bond acceptors (Lipinski definition) is 7. The summed E-state index contributed by atoms with van der Waals surface area (Å²) in [4.78, 5) is 3.30. The van der Waals surface area contributed by atoms with Gasteiger partial charge in [0.25, 0.3) is 0 Å². The SMILES string of the molecule is O=S1(=O)CC[C@H](N(Cc2cccs2)Cc2cc3c(cc2O)OCO3)C1. The summed E-state index contributed by atoms with van der Waals surface area (Å²) >= 11 is 1.65. The lowest BCUT2D eigenvalue weighted by Crippen LogP contribution is -2.35. The molecule has 1 saturated heterocycles. The average molecular weight is 381 g/mol. The molecule has 0 saturated carbocycles. The van der Waals surface area contributed by atoms with Gasteiger partial charge in [0, 0.05) is 35.6 Å². The van der Waals surface area contributed by atoms with Gasteiger partial charge in [-0.05, 0) is 23.9 Å². The number of thiophene rings is 1. The minimum atomic E-state index is -2.98. The Hall–Kier alpha value is -1.77. The van der Waals surface area contributed by atoms with Crippen LogP contribution in [0.5, 0.6) is 17.2 Å². The zero-order chi connectivity index (χ0) is 17.4. The van der Waals surface area contributed by atoms with E-state index < -0.39 is 9.84 Å². The van der Waals surface area contributed by atoms with Gasteiger partial charge in [0.05, 0.1) is 11.5 Å². The van der Waals surface area contributed by atoms with Crippen LogP contribution in [0.3, 0.4) is 0 Å². The van der Waals surface area contributed by atoms with E-state index >= 15 is 0 Å². The van der Waals surface area contributed by atoms with E-state index in [9.17, 15) is 13.5 Å². The van der Waals surface area contributed by atoms with Crippen LogP contribution in [0.25, 0.3) is 0 Å². The monoisotopic (exact) mass is 381 g/mol. The van der Waals surface area contributed by atoms with Gasteiger partial charge in [-0.2, -0.15) is 0 Å². The predicted molar refractivity (Wildman–Crippen MR) is 94.9 cm³/mol. The molecule has 134 valence electrons. The first-order chi connectivity index (χ1) is 12.0. The van der Waals surface area contributed by atoms with E-state index in [4.69, 9.17) is 9.47 Å². The molecule has 25 heavy (non-hydrogen) atoms. The summed E-state index contributed by atoms with van der Waals surface area (Å²) in [5.41, 5.74) is 0.713. The standard InChI is InChI=1S/C17H19NO5S2/c19-15-7-17-16(22-11-23-17)6-12(15)8-18(9-14-2-1-4-24-14)13-3-5-25(20,21)10-13/h1-2,4,6-7,13,19H,3,5,8-11H2/t13-/m0/s1. The fourth-order valence-corrected chi connectivity index (χ4v) is 5.79. The molecule has 0 radical (unpaired) electrons. The summed E-state index contributed by atoms with van der Waals surface area (Å²) in [5, 5.41) is 12.3. The van der Waals surface area contributed by atoms with Crippen molar-refractivity contribution in [1.82, 2.24) is 4.90 Å². The van der Waals surface area contributed by atoms with E-state index in [1.54, 1.807) is 23.5 Å². The van der Waals surface area contributed by atoms with Crippen molar-refractivity contribution in [3.05, 3.63) is 40.1 Å². The van der Waals surface area contributed by atoms with Crippen LogP contribution in [0.2, 0.25) is 0 Å². The van der Waals surface area contributed by atoms with E-state index in [-0.39, 0.29) is 30.1 Å². The van der Waals surface area contributed by atoms with Crippen molar-refractivity contribution in [3.63, 3.8) is 0 Å². The zero-order valence-electron chi connectivity index (χ0n) is 13.6. The fourth-order valence-electron chi connectivity index (χ4n) is 3.30. The number of phenols is 1. The second kappa shape index (κ2) is 6.51. The molecule has 0 amide bonds. The number of aromatic hydroxyl groups is 1. The maximum absolute atomic E-state index is 11.9. The lowest BCUT2D eigenvalue weighted by atomic mass is 10.1. The van der Waals surface area contributed by atoms with Crippen molar-refractivity contribution < 1.29 is 23.0 Å². The van der Waals surface area contributed by atoms with E-state index in [1.807, 2.05) is 17.5 Å². The summed E-state index contributed by atoms with van der Waals surface area (Å²) in [5.74, 6) is 1.69. The van der Waals surface area contributed by atoms with Crippen LogP contribution in [0.4, 0.5) is 0 Å². The number of sulfone groups is 1. The Morgan fingerprint density at radius 3 is 2.72 bits per heavy atom. The molecule has 4 rings (SSSR count). The van der Waals surface area contributed by atoms with Crippen LogP contribution < -0.4 is 9.47 Å². The number of fused-ring (bicyclic) bond motifs is 1. The minimum absolute atomic E-state index is 0.0445. The molecule has 6 nitrogen and oxygen atoms in total. The molecule has 1 N–H and O–H groups in total. The van der Waals surface area contributed by atoms with Crippen molar-refractivity contribution in [2.75, 3.05) is 18.3 Å². The molecule has 1 fully saturated rings. The van der Waals surface area contributed by atoms with E-state index in [2.05, 4.69) is 4.90 Å². The van der Waals surface area contributed by atoms with Crippen molar-refractivity contribution >= 4 is 21.2 Å². The van der Waals surface area contributed by atoms with Crippen LogP contribution in [-0.2, 0) is 22.9 Å². The van der Waals surface area contributed by atoms with Crippen LogP contribution >= 0.6 is 11.3 Å². The lowest BCUT2D eigenvalue weighted by molar-refractivity contribution is 0.173. The minimum Gasteiger partial charge on any atom is -0.507 e. The molecule has 3 heterocycles. The van der Waals surface area contributed by atoms with Crippen LogP contribution in [0, 0.1) is 0 Å². The number of benzene rings is 1. The third kappa shape index (κ3) is 3.61. The summed E-state index contributed by atoms with van der Waals surface area (Å²) in [6.07, 6.45) is 0.624. The smallest absolute Gasteiger partial charge is 0.231 e. The highest BCUT2D eigenvalue weighted by atomic mass is 32.2. The van der Waals surface area contributed by atoms with Gasteiger partial charge in [0.1, 0.15) is 5.75 Å². The first kappa shape index (κ1) is 16.7. The lowest BCUT2D eigenvalue weighted by Gasteiger charge is -2.28. The Kier molecular flexibility index (Phi) is 4.35. The third-order valence-corrected chi connectivity index (χ3v) is 7.22. The summed E-state index contributed by atoms with van der Waals surface area (Å²) < 4.78 is 34.5. The molecule has 0 spiro atoms. The van der Waals surface area contributed by atoms with Gasteiger partial charge in [-0.3, -0.25) is 4.90 Å². The largest absolute Gasteiger partial charge is 0.507 e. The second-order valence-corrected chi connectivity index (χ2v) is 9.64. The van der Waals surface area contributed by atoms with Crippen molar-refractivity contribution in [3.8, 4) is 17.2 Å². The molecule has 2 aliphatic heterocycles. The Balaban J connectivity index is 1.60. The van der Waals surface area contributed by atoms with E-state index in [0.717, 1.165) is 0 Å². The molecule has 0 aliphatic carbocycles. The van der Waals surface area contributed by atoms with Crippen LogP contribution in [-0.4, -0.2) is 42.8 Å². The zero-order valence-corrected chi connectivity index (χ0v) is 15.2. The van der Waals surface area contributed by atoms with Crippen LogP contribution in [0.15, 0.2) is 29.6 Å². The highest BCUT2D eigenvalue weighted by Crippen LogP contribution is 2.38. The number of ether oxygens (including phenoxy) is 2. The quantitative estimate of drug-likeness (QED) is 0.857. The van der Waals surface area contributed by atoms with Gasteiger partial charge in [0.2, 0.25) is 6.79 Å². The third-order valence-electron chi connectivity index (χ3n) is 4.61. The van der Waals surface area contributed by atoms with E-state index in [1.165, 1.54) is 4.88 Å². The van der Waals surface area contributed by atoms with Crippen molar-refractivity contribution in [2.45, 2.75) is 25.6 Å². The second-order valence-electron chi connectivity index (χ2n) is 6.38. The Bertz CT molecular complexity index is 863. The number of nitrogens with zero attached hydrogens (tertiary/aromatic N) is 1. The van der Waals surface area contributed by atoms with Gasteiger partial charge in [-0.1, -0.05) is 6.07 Å². The summed E-state index contributed by atoms with van der Waals surface area (Å²) in [7, 11) is -2.98. The molecular formula is C17H19NO5S2. The van der Waals surface area contributed by atoms with Gasteiger partial charge in [-0.25, -0.2) is 8.42 Å². The molecule has 0 unspecified atom stereocenters. The first-order valence-electron chi connectivity index (χ1n) is 8.08. The molecule has 1 aromatic heterocycles. The molecule has 2 aliphatic rings. The molecular weight excluding hydrogens is 362 g/mol. The number of phenolic OH excluding ortho intramolecular Hbond substituents is 1. The predicted octanol–water partition coefficient (Wildman–Crippen LogP) is 2.37. The van der Waals surface area contributed by atoms with E-state index in [0.29, 0.717) is 36.6 Å². The normalized spacial score (nSPS) is 21.1. The number of hydrogen-bond donors (Lipinski definition) is 1. The maximum Gasteiger partial charge on any atom is 0.231 e.